The van der Waals surface area contributed by atoms with Gasteiger partial charge in [0.2, 0.25) is 5.91 Å². The van der Waals surface area contributed by atoms with Crippen LogP contribution < -0.4 is 20.3 Å². The van der Waals surface area contributed by atoms with E-state index >= 15 is 0 Å². The molecule has 0 spiro atoms. The van der Waals surface area contributed by atoms with Gasteiger partial charge < -0.3 is 19.8 Å². The van der Waals surface area contributed by atoms with Crippen molar-refractivity contribution in [3.63, 3.8) is 0 Å². The summed E-state index contributed by atoms with van der Waals surface area (Å²) in [6.45, 7) is 0.945. The third-order valence-corrected chi connectivity index (χ3v) is 5.89. The molecule has 1 fully saturated rings. The Labute approximate surface area is 196 Å². The van der Waals surface area contributed by atoms with Crippen LogP contribution in [0.15, 0.2) is 47.3 Å². The first-order valence-electron chi connectivity index (χ1n) is 11.3. The number of halogens is 1. The van der Waals surface area contributed by atoms with Crippen molar-refractivity contribution in [1.82, 2.24) is 20.5 Å². The minimum Gasteiger partial charge on any atom is -0.493 e. The highest BCUT2D eigenvalue weighted by molar-refractivity contribution is 5.76. The maximum atomic E-state index is 13.0. The molecule has 0 unspecified atom stereocenters. The maximum Gasteiger partial charge on any atom is 0.273 e. The number of aromatic nitrogens is 3. The van der Waals surface area contributed by atoms with Crippen molar-refractivity contribution in [2.75, 3.05) is 13.7 Å². The van der Waals surface area contributed by atoms with Gasteiger partial charge in [0.1, 0.15) is 11.5 Å². The standard InChI is InChI=1S/C25H27FN4O4/c1-33-22-13-18(7-11-21(22)34-15-17-3-2-4-17)24-28-25(32)20(29-30-24)10-12-23(31)27-14-16-5-8-19(26)9-6-16/h5-9,11,13,17H,2-4,10,12,14-15H2,1H3,(H,27,31)(H,28,30,32). The molecule has 34 heavy (non-hydrogen) atoms. The number of benzene rings is 2. The molecule has 8 nitrogen and oxygen atoms in total. The summed E-state index contributed by atoms with van der Waals surface area (Å²) in [6.07, 6.45) is 3.88. The van der Waals surface area contributed by atoms with Crippen LogP contribution in [0.25, 0.3) is 11.4 Å². The summed E-state index contributed by atoms with van der Waals surface area (Å²) in [4.78, 5) is 27.3. The van der Waals surface area contributed by atoms with Crippen LogP contribution in [0.4, 0.5) is 4.39 Å². The second kappa shape index (κ2) is 10.9. The number of hydrogen-bond acceptors (Lipinski definition) is 6. The molecule has 178 valence electrons. The number of nitrogens with one attached hydrogen (secondary N) is 2. The zero-order valence-electron chi connectivity index (χ0n) is 19.0. The molecule has 0 radical (unpaired) electrons. The van der Waals surface area contributed by atoms with Gasteiger partial charge in [-0.05, 0) is 54.7 Å². The highest BCUT2D eigenvalue weighted by Crippen LogP contribution is 2.33. The maximum absolute atomic E-state index is 13.0. The Morgan fingerprint density at radius 2 is 1.94 bits per heavy atom. The zero-order chi connectivity index (χ0) is 23.9. The molecule has 0 aliphatic heterocycles. The second-order valence-corrected chi connectivity index (χ2v) is 8.33. The SMILES string of the molecule is COc1cc(-c2nnc(CCC(=O)NCc3ccc(F)cc3)c(=O)[nH]2)ccc1OCC1CCC1. The first-order chi connectivity index (χ1) is 16.5. The van der Waals surface area contributed by atoms with E-state index in [4.69, 9.17) is 9.47 Å². The molecule has 4 rings (SSSR count). The van der Waals surface area contributed by atoms with E-state index in [2.05, 4.69) is 20.5 Å². The Kier molecular flexibility index (Phi) is 7.51. The van der Waals surface area contributed by atoms with Crippen molar-refractivity contribution >= 4 is 5.91 Å². The molecular formula is C25H27FN4O4. The molecule has 3 aromatic rings. The second-order valence-electron chi connectivity index (χ2n) is 8.33. The fourth-order valence-corrected chi connectivity index (χ4v) is 3.58. The fourth-order valence-electron chi connectivity index (χ4n) is 3.58. The minimum atomic E-state index is -0.402. The number of aromatic amines is 1. The highest BCUT2D eigenvalue weighted by atomic mass is 19.1. The van der Waals surface area contributed by atoms with Gasteiger partial charge in [0, 0.05) is 24.9 Å². The first kappa shape index (κ1) is 23.4. The van der Waals surface area contributed by atoms with Crippen molar-refractivity contribution in [3.05, 3.63) is 69.9 Å². The van der Waals surface area contributed by atoms with E-state index in [1.807, 2.05) is 0 Å². The van der Waals surface area contributed by atoms with E-state index in [-0.39, 0.29) is 36.8 Å². The summed E-state index contributed by atoms with van der Waals surface area (Å²) in [5.41, 5.74) is 1.20. The predicted molar refractivity (Wildman–Crippen MR) is 124 cm³/mol. The molecule has 9 heteroatoms. The number of aryl methyl sites for hydroxylation is 1. The summed E-state index contributed by atoms with van der Waals surface area (Å²) in [7, 11) is 1.56. The number of methoxy groups -OCH3 is 1. The Morgan fingerprint density at radius 1 is 1.15 bits per heavy atom. The molecule has 1 aliphatic rings. The number of nitrogens with zero attached hydrogens (tertiary/aromatic N) is 2. The average molecular weight is 467 g/mol. The Morgan fingerprint density at radius 3 is 2.62 bits per heavy atom. The van der Waals surface area contributed by atoms with E-state index in [1.54, 1.807) is 37.4 Å². The van der Waals surface area contributed by atoms with E-state index < -0.39 is 5.56 Å². The number of rotatable bonds is 10. The summed E-state index contributed by atoms with van der Waals surface area (Å²) in [5, 5.41) is 10.9. The van der Waals surface area contributed by atoms with Gasteiger partial charge >= 0.3 is 0 Å². The lowest BCUT2D eigenvalue weighted by molar-refractivity contribution is -0.121. The lowest BCUT2D eigenvalue weighted by Gasteiger charge is -2.25. The lowest BCUT2D eigenvalue weighted by Crippen LogP contribution is -2.25. The Hall–Kier alpha value is -3.75. The van der Waals surface area contributed by atoms with Crippen LogP contribution in [0, 0.1) is 11.7 Å². The zero-order valence-corrected chi connectivity index (χ0v) is 19.0. The molecule has 0 atom stereocenters. The van der Waals surface area contributed by atoms with Gasteiger partial charge in [-0.1, -0.05) is 18.6 Å². The van der Waals surface area contributed by atoms with E-state index in [0.29, 0.717) is 35.4 Å². The molecule has 1 saturated carbocycles. The van der Waals surface area contributed by atoms with Gasteiger partial charge in [0.15, 0.2) is 17.3 Å². The third-order valence-electron chi connectivity index (χ3n) is 5.89. The molecule has 0 bridgehead atoms. The van der Waals surface area contributed by atoms with Gasteiger partial charge in [-0.15, -0.1) is 10.2 Å². The molecule has 1 amide bonds. The van der Waals surface area contributed by atoms with Crippen LogP contribution in [0.2, 0.25) is 0 Å². The highest BCUT2D eigenvalue weighted by Gasteiger charge is 2.19. The number of ether oxygens (including phenoxy) is 2. The van der Waals surface area contributed by atoms with Crippen molar-refractivity contribution in [3.8, 4) is 22.9 Å². The Bertz CT molecular complexity index is 1190. The predicted octanol–water partition coefficient (Wildman–Crippen LogP) is 3.41. The third kappa shape index (κ3) is 5.98. The van der Waals surface area contributed by atoms with Gasteiger partial charge in [0.05, 0.1) is 13.7 Å². The molecular weight excluding hydrogens is 439 g/mol. The molecule has 1 aromatic heterocycles. The fraction of sp³-hybridized carbons (Fsp3) is 0.360. The van der Waals surface area contributed by atoms with Crippen LogP contribution in [0.1, 0.15) is 36.9 Å². The number of hydrogen-bond donors (Lipinski definition) is 2. The normalized spacial score (nSPS) is 13.2. The topological polar surface area (TPSA) is 106 Å². The van der Waals surface area contributed by atoms with Crippen molar-refractivity contribution in [2.24, 2.45) is 5.92 Å². The summed E-state index contributed by atoms with van der Waals surface area (Å²) in [6, 6.07) is 11.2. The molecule has 1 aliphatic carbocycles. The summed E-state index contributed by atoms with van der Waals surface area (Å²) < 4.78 is 24.3. The van der Waals surface area contributed by atoms with E-state index in [9.17, 15) is 14.0 Å². The van der Waals surface area contributed by atoms with E-state index in [0.717, 1.165) is 5.56 Å². The largest absolute Gasteiger partial charge is 0.493 e. The van der Waals surface area contributed by atoms with Crippen molar-refractivity contribution in [2.45, 2.75) is 38.6 Å². The summed E-state index contributed by atoms with van der Waals surface area (Å²) in [5.74, 6) is 1.54. The number of amides is 1. The lowest BCUT2D eigenvalue weighted by atomic mass is 9.86. The molecule has 1 heterocycles. The van der Waals surface area contributed by atoms with Gasteiger partial charge in [-0.2, -0.15) is 0 Å². The Balaban J connectivity index is 1.34. The average Bonchev–Trinajstić information content (AvgIpc) is 2.82. The number of carbonyl (C=O) groups excluding carboxylic acids is 1. The monoisotopic (exact) mass is 466 g/mol. The van der Waals surface area contributed by atoms with Crippen LogP contribution in [0.3, 0.4) is 0 Å². The molecule has 2 N–H and O–H groups in total. The number of H-pyrrole nitrogens is 1. The van der Waals surface area contributed by atoms with Crippen LogP contribution in [-0.4, -0.2) is 34.8 Å². The van der Waals surface area contributed by atoms with Crippen molar-refractivity contribution in [1.29, 1.82) is 0 Å². The first-order valence-corrected chi connectivity index (χ1v) is 11.3. The van der Waals surface area contributed by atoms with Gasteiger partial charge in [-0.25, -0.2) is 4.39 Å². The van der Waals surface area contributed by atoms with Crippen LogP contribution >= 0.6 is 0 Å². The van der Waals surface area contributed by atoms with Crippen molar-refractivity contribution < 1.29 is 18.7 Å². The van der Waals surface area contributed by atoms with E-state index in [1.165, 1.54) is 31.4 Å². The minimum absolute atomic E-state index is 0.0825. The molecule has 2 aromatic carbocycles. The smallest absolute Gasteiger partial charge is 0.273 e. The summed E-state index contributed by atoms with van der Waals surface area (Å²) >= 11 is 0. The van der Waals surface area contributed by atoms with Crippen LogP contribution in [-0.2, 0) is 17.8 Å². The van der Waals surface area contributed by atoms with Gasteiger partial charge in [0.25, 0.3) is 5.56 Å². The van der Waals surface area contributed by atoms with Crippen LogP contribution in [0.5, 0.6) is 11.5 Å². The van der Waals surface area contributed by atoms with Gasteiger partial charge in [-0.3, -0.25) is 9.59 Å². The number of carbonyl (C=O) groups is 1. The molecule has 0 saturated heterocycles. The quantitative estimate of drug-likeness (QED) is 0.474.